The van der Waals surface area contributed by atoms with Gasteiger partial charge in [0.1, 0.15) is 0 Å². The molecule has 23 heavy (non-hydrogen) atoms. The quantitative estimate of drug-likeness (QED) is 0.566. The molecule has 0 radical (unpaired) electrons. The van der Waals surface area contributed by atoms with Gasteiger partial charge in [-0.05, 0) is 49.6 Å². The van der Waals surface area contributed by atoms with Crippen LogP contribution in [0.2, 0.25) is 0 Å². The predicted octanol–water partition coefficient (Wildman–Crippen LogP) is 3.08. The Hall–Kier alpha value is -2.66. The van der Waals surface area contributed by atoms with Crippen LogP contribution in [0.25, 0.3) is 0 Å². The Kier molecular flexibility index (Phi) is 5.88. The number of nitrogens with one attached hydrogen (secondary N) is 2. The number of benzene rings is 2. The highest BCUT2D eigenvalue weighted by molar-refractivity contribution is 6.04. The standard InChI is InChI=1S/C18H20N2O3/c1-13-5-9-15(10-6-13)18(22)19-16-11-7-14(8-12-16)3-2-4-17(21)20-23/h5-12,23H,2-4H2,1H3,(H,19,22)(H,20,21). The number of hydroxylamine groups is 1. The molecular weight excluding hydrogens is 292 g/mol. The van der Waals surface area contributed by atoms with Gasteiger partial charge in [0.05, 0.1) is 0 Å². The van der Waals surface area contributed by atoms with Crippen LogP contribution in [0.15, 0.2) is 48.5 Å². The van der Waals surface area contributed by atoms with Gasteiger partial charge in [-0.15, -0.1) is 0 Å². The summed E-state index contributed by atoms with van der Waals surface area (Å²) >= 11 is 0. The summed E-state index contributed by atoms with van der Waals surface area (Å²) in [6.45, 7) is 1.98. The van der Waals surface area contributed by atoms with Crippen LogP contribution in [0, 0.1) is 6.92 Å². The van der Waals surface area contributed by atoms with E-state index in [1.165, 1.54) is 0 Å². The first kappa shape index (κ1) is 16.7. The Morgan fingerprint density at radius 2 is 1.65 bits per heavy atom. The van der Waals surface area contributed by atoms with Crippen molar-refractivity contribution in [1.29, 1.82) is 0 Å². The summed E-state index contributed by atoms with van der Waals surface area (Å²) in [6, 6.07) is 14.9. The van der Waals surface area contributed by atoms with E-state index in [4.69, 9.17) is 5.21 Å². The van der Waals surface area contributed by atoms with Crippen LogP contribution in [-0.2, 0) is 11.2 Å². The van der Waals surface area contributed by atoms with Crippen molar-refractivity contribution in [3.05, 3.63) is 65.2 Å². The van der Waals surface area contributed by atoms with E-state index in [-0.39, 0.29) is 18.2 Å². The highest BCUT2D eigenvalue weighted by Gasteiger charge is 2.06. The van der Waals surface area contributed by atoms with E-state index in [0.717, 1.165) is 23.2 Å². The first-order valence-electron chi connectivity index (χ1n) is 7.48. The third-order valence-electron chi connectivity index (χ3n) is 3.52. The second kappa shape index (κ2) is 8.10. The molecule has 5 nitrogen and oxygen atoms in total. The molecule has 2 aromatic rings. The molecule has 0 aliphatic rings. The van der Waals surface area contributed by atoms with E-state index in [2.05, 4.69) is 5.32 Å². The minimum absolute atomic E-state index is 0.141. The number of hydrogen-bond acceptors (Lipinski definition) is 3. The Morgan fingerprint density at radius 3 is 2.26 bits per heavy atom. The smallest absolute Gasteiger partial charge is 0.255 e. The summed E-state index contributed by atoms with van der Waals surface area (Å²) in [7, 11) is 0. The van der Waals surface area contributed by atoms with Crippen molar-refractivity contribution < 1.29 is 14.8 Å². The van der Waals surface area contributed by atoms with Gasteiger partial charge in [-0.3, -0.25) is 14.8 Å². The molecule has 0 aliphatic heterocycles. The first-order valence-corrected chi connectivity index (χ1v) is 7.48. The first-order chi connectivity index (χ1) is 11.1. The maximum Gasteiger partial charge on any atom is 0.255 e. The summed E-state index contributed by atoms with van der Waals surface area (Å²) < 4.78 is 0. The average molecular weight is 312 g/mol. The molecule has 0 heterocycles. The molecule has 120 valence electrons. The molecule has 3 N–H and O–H groups in total. The maximum atomic E-state index is 12.1. The predicted molar refractivity (Wildman–Crippen MR) is 88.4 cm³/mol. The lowest BCUT2D eigenvalue weighted by atomic mass is 10.1. The van der Waals surface area contributed by atoms with Gasteiger partial charge in [0.15, 0.2) is 0 Å². The minimum Gasteiger partial charge on any atom is -0.322 e. The van der Waals surface area contributed by atoms with Gasteiger partial charge in [0.2, 0.25) is 5.91 Å². The maximum absolute atomic E-state index is 12.1. The van der Waals surface area contributed by atoms with E-state index >= 15 is 0 Å². The van der Waals surface area contributed by atoms with Gasteiger partial charge < -0.3 is 5.32 Å². The Balaban J connectivity index is 1.88. The largest absolute Gasteiger partial charge is 0.322 e. The number of amides is 2. The monoisotopic (exact) mass is 312 g/mol. The molecule has 5 heteroatoms. The van der Waals surface area contributed by atoms with E-state index < -0.39 is 0 Å². The number of anilines is 1. The Morgan fingerprint density at radius 1 is 1.00 bits per heavy atom. The fourth-order valence-corrected chi connectivity index (χ4v) is 2.17. The molecule has 0 saturated carbocycles. The molecule has 0 atom stereocenters. The summed E-state index contributed by atoms with van der Waals surface area (Å²) in [5.74, 6) is -0.524. The average Bonchev–Trinajstić information content (AvgIpc) is 2.56. The lowest BCUT2D eigenvalue weighted by Crippen LogP contribution is -2.18. The Labute approximate surface area is 135 Å². The summed E-state index contributed by atoms with van der Waals surface area (Å²) in [5.41, 5.74) is 5.15. The van der Waals surface area contributed by atoms with Crippen LogP contribution in [0.4, 0.5) is 5.69 Å². The second-order valence-corrected chi connectivity index (χ2v) is 5.41. The van der Waals surface area contributed by atoms with Crippen LogP contribution in [0.5, 0.6) is 0 Å². The second-order valence-electron chi connectivity index (χ2n) is 5.41. The zero-order valence-electron chi connectivity index (χ0n) is 13.0. The fraction of sp³-hybridized carbons (Fsp3) is 0.222. The molecule has 2 aromatic carbocycles. The molecule has 0 unspecified atom stereocenters. The lowest BCUT2D eigenvalue weighted by Gasteiger charge is -2.07. The van der Waals surface area contributed by atoms with Gasteiger partial charge in [0, 0.05) is 17.7 Å². The van der Waals surface area contributed by atoms with Crippen molar-refractivity contribution in [1.82, 2.24) is 5.48 Å². The van der Waals surface area contributed by atoms with Gasteiger partial charge in [-0.25, -0.2) is 5.48 Å². The van der Waals surface area contributed by atoms with Crippen molar-refractivity contribution in [3.63, 3.8) is 0 Å². The highest BCUT2D eigenvalue weighted by atomic mass is 16.5. The van der Waals surface area contributed by atoms with E-state index in [0.29, 0.717) is 12.0 Å². The summed E-state index contributed by atoms with van der Waals surface area (Å²) in [6.07, 6.45) is 1.67. The van der Waals surface area contributed by atoms with E-state index in [1.807, 2.05) is 43.3 Å². The molecular formula is C18H20N2O3. The highest BCUT2D eigenvalue weighted by Crippen LogP contribution is 2.13. The number of carbonyl (C=O) groups is 2. The van der Waals surface area contributed by atoms with Crippen molar-refractivity contribution in [3.8, 4) is 0 Å². The molecule has 2 amide bonds. The third-order valence-corrected chi connectivity index (χ3v) is 3.52. The van der Waals surface area contributed by atoms with E-state index in [9.17, 15) is 9.59 Å². The summed E-state index contributed by atoms with van der Waals surface area (Å²) in [5, 5.41) is 11.3. The Bertz CT molecular complexity index is 664. The van der Waals surface area contributed by atoms with Crippen LogP contribution < -0.4 is 10.8 Å². The number of aryl methyl sites for hydroxylation is 2. The van der Waals surface area contributed by atoms with Gasteiger partial charge in [-0.1, -0.05) is 29.8 Å². The molecule has 0 aromatic heterocycles. The topological polar surface area (TPSA) is 78.4 Å². The molecule has 0 bridgehead atoms. The molecule has 0 spiro atoms. The van der Waals surface area contributed by atoms with Gasteiger partial charge in [-0.2, -0.15) is 0 Å². The SMILES string of the molecule is Cc1ccc(C(=O)Nc2ccc(CCCC(=O)NO)cc2)cc1. The third kappa shape index (κ3) is 5.23. The van der Waals surface area contributed by atoms with Crippen LogP contribution >= 0.6 is 0 Å². The summed E-state index contributed by atoms with van der Waals surface area (Å²) in [4.78, 5) is 23.0. The van der Waals surface area contributed by atoms with E-state index in [1.54, 1.807) is 17.6 Å². The number of hydrogen-bond donors (Lipinski definition) is 3. The van der Waals surface area contributed by atoms with Crippen molar-refractivity contribution >= 4 is 17.5 Å². The normalized spacial score (nSPS) is 10.2. The number of carbonyl (C=O) groups excluding carboxylic acids is 2. The van der Waals surface area contributed by atoms with Crippen molar-refractivity contribution in [2.24, 2.45) is 0 Å². The molecule has 0 fully saturated rings. The minimum atomic E-state index is -0.382. The van der Waals surface area contributed by atoms with Gasteiger partial charge >= 0.3 is 0 Å². The van der Waals surface area contributed by atoms with Crippen molar-refractivity contribution in [2.45, 2.75) is 26.2 Å². The lowest BCUT2D eigenvalue weighted by molar-refractivity contribution is -0.129. The zero-order valence-corrected chi connectivity index (χ0v) is 13.0. The molecule has 0 saturated heterocycles. The molecule has 2 rings (SSSR count). The van der Waals surface area contributed by atoms with Gasteiger partial charge in [0.25, 0.3) is 5.91 Å². The van der Waals surface area contributed by atoms with Crippen LogP contribution in [0.1, 0.15) is 34.3 Å². The number of rotatable bonds is 6. The molecule has 0 aliphatic carbocycles. The zero-order chi connectivity index (χ0) is 16.7. The fourth-order valence-electron chi connectivity index (χ4n) is 2.17. The van der Waals surface area contributed by atoms with Crippen molar-refractivity contribution in [2.75, 3.05) is 5.32 Å². The van der Waals surface area contributed by atoms with Crippen LogP contribution in [-0.4, -0.2) is 17.0 Å². The van der Waals surface area contributed by atoms with Crippen LogP contribution in [0.3, 0.4) is 0 Å².